The van der Waals surface area contributed by atoms with Gasteiger partial charge in [0.1, 0.15) is 12.4 Å². The lowest BCUT2D eigenvalue weighted by Gasteiger charge is -2.14. The smallest absolute Gasteiger partial charge is 0.411 e. The van der Waals surface area contributed by atoms with Crippen molar-refractivity contribution in [3.63, 3.8) is 0 Å². The van der Waals surface area contributed by atoms with Gasteiger partial charge in [-0.25, -0.2) is 4.79 Å². The van der Waals surface area contributed by atoms with Crippen LogP contribution in [-0.4, -0.2) is 31.0 Å². The summed E-state index contributed by atoms with van der Waals surface area (Å²) in [6.07, 6.45) is 0.0977. The van der Waals surface area contributed by atoms with E-state index in [0.29, 0.717) is 24.5 Å². The van der Waals surface area contributed by atoms with Gasteiger partial charge in [0, 0.05) is 24.6 Å². The molecular formula is C24H23NO4. The van der Waals surface area contributed by atoms with E-state index >= 15 is 0 Å². The van der Waals surface area contributed by atoms with Gasteiger partial charge >= 0.3 is 6.09 Å². The van der Waals surface area contributed by atoms with Crippen molar-refractivity contribution >= 4 is 11.8 Å². The van der Waals surface area contributed by atoms with Crippen LogP contribution >= 0.6 is 0 Å². The second kappa shape index (κ2) is 8.80. The van der Waals surface area contributed by atoms with Gasteiger partial charge in [-0.1, -0.05) is 48.5 Å². The molecule has 0 unspecified atom stereocenters. The highest BCUT2D eigenvalue weighted by Gasteiger charge is 2.28. The molecule has 29 heavy (non-hydrogen) atoms. The van der Waals surface area contributed by atoms with E-state index in [0.717, 1.165) is 0 Å². The van der Waals surface area contributed by atoms with Gasteiger partial charge in [0.05, 0.1) is 6.61 Å². The van der Waals surface area contributed by atoms with E-state index in [9.17, 15) is 4.79 Å². The second-order valence-electron chi connectivity index (χ2n) is 6.90. The summed E-state index contributed by atoms with van der Waals surface area (Å²) in [5, 5.41) is 11.5. The van der Waals surface area contributed by atoms with Crippen molar-refractivity contribution < 1.29 is 19.4 Å². The van der Waals surface area contributed by atoms with E-state index in [4.69, 9.17) is 14.6 Å². The maximum Gasteiger partial charge on any atom is 0.411 e. The molecule has 0 radical (unpaired) electrons. The van der Waals surface area contributed by atoms with Gasteiger partial charge in [-0.05, 0) is 46.5 Å². The summed E-state index contributed by atoms with van der Waals surface area (Å²) >= 11 is 0. The van der Waals surface area contributed by atoms with Crippen molar-refractivity contribution in [3.05, 3.63) is 83.9 Å². The van der Waals surface area contributed by atoms with Crippen molar-refractivity contribution in [1.82, 2.24) is 0 Å². The third-order valence-corrected chi connectivity index (χ3v) is 5.02. The maximum atomic E-state index is 12.3. The van der Waals surface area contributed by atoms with E-state index in [2.05, 4.69) is 29.6 Å². The summed E-state index contributed by atoms with van der Waals surface area (Å²) < 4.78 is 11.0. The number of carbonyl (C=O) groups excluding carboxylic acids is 1. The van der Waals surface area contributed by atoms with Gasteiger partial charge in [-0.15, -0.1) is 0 Å². The van der Waals surface area contributed by atoms with Gasteiger partial charge in [0.25, 0.3) is 0 Å². The zero-order valence-corrected chi connectivity index (χ0v) is 16.0. The SMILES string of the molecule is O=C(Nc1ccc(OCCCO)cc1)OCC1c2ccccc2-c2ccccc21. The number of anilines is 1. The third kappa shape index (κ3) is 4.25. The zero-order valence-electron chi connectivity index (χ0n) is 16.0. The van der Waals surface area contributed by atoms with Crippen LogP contribution in [0.2, 0.25) is 0 Å². The third-order valence-electron chi connectivity index (χ3n) is 5.02. The molecule has 0 spiro atoms. The summed E-state index contributed by atoms with van der Waals surface area (Å²) in [6.45, 7) is 0.833. The molecule has 0 saturated heterocycles. The van der Waals surface area contributed by atoms with Gasteiger partial charge in [0.2, 0.25) is 0 Å². The number of benzene rings is 3. The Kier molecular flexibility index (Phi) is 5.77. The Morgan fingerprint density at radius 1 is 0.897 bits per heavy atom. The van der Waals surface area contributed by atoms with Crippen LogP contribution in [0.25, 0.3) is 11.1 Å². The number of aliphatic hydroxyl groups excluding tert-OH is 1. The monoisotopic (exact) mass is 389 g/mol. The van der Waals surface area contributed by atoms with Crippen LogP contribution in [0, 0.1) is 0 Å². The molecule has 4 rings (SSSR count). The predicted octanol–water partition coefficient (Wildman–Crippen LogP) is 4.81. The Labute approximate surface area is 169 Å². The molecule has 5 nitrogen and oxygen atoms in total. The summed E-state index contributed by atoms with van der Waals surface area (Å²) in [7, 11) is 0. The Morgan fingerprint density at radius 3 is 2.14 bits per heavy atom. The van der Waals surface area contributed by atoms with Crippen molar-refractivity contribution in [2.45, 2.75) is 12.3 Å². The first kappa shape index (κ1) is 19.0. The van der Waals surface area contributed by atoms with Gasteiger partial charge in [-0.3, -0.25) is 5.32 Å². The number of hydrogen-bond acceptors (Lipinski definition) is 4. The van der Waals surface area contributed by atoms with Gasteiger partial charge in [0.15, 0.2) is 0 Å². The normalized spacial score (nSPS) is 12.2. The molecule has 3 aromatic rings. The van der Waals surface area contributed by atoms with Crippen molar-refractivity contribution in [2.24, 2.45) is 0 Å². The minimum absolute atomic E-state index is 0.0375. The van der Waals surface area contributed by atoms with Crippen molar-refractivity contribution in [1.29, 1.82) is 0 Å². The summed E-state index contributed by atoms with van der Waals surface area (Å²) in [5.74, 6) is 0.729. The number of carbonyl (C=O) groups is 1. The molecule has 0 atom stereocenters. The number of rotatable bonds is 7. The predicted molar refractivity (Wildman–Crippen MR) is 112 cm³/mol. The molecule has 148 valence electrons. The first-order valence-electron chi connectivity index (χ1n) is 9.72. The van der Waals surface area contributed by atoms with Crippen LogP contribution in [0.3, 0.4) is 0 Å². The highest BCUT2D eigenvalue weighted by atomic mass is 16.5. The van der Waals surface area contributed by atoms with E-state index in [1.54, 1.807) is 24.3 Å². The van der Waals surface area contributed by atoms with Crippen LogP contribution < -0.4 is 10.1 Å². The Balaban J connectivity index is 1.36. The number of aliphatic hydroxyl groups is 1. The van der Waals surface area contributed by atoms with Crippen LogP contribution in [0.5, 0.6) is 5.75 Å². The minimum atomic E-state index is -0.485. The van der Waals surface area contributed by atoms with Crippen LogP contribution in [0.15, 0.2) is 72.8 Å². The van der Waals surface area contributed by atoms with Crippen molar-refractivity contribution in [3.8, 4) is 16.9 Å². The van der Waals surface area contributed by atoms with Crippen LogP contribution in [0.1, 0.15) is 23.5 Å². The topological polar surface area (TPSA) is 67.8 Å². The molecule has 3 aromatic carbocycles. The van der Waals surface area contributed by atoms with E-state index in [1.807, 2.05) is 24.3 Å². The van der Waals surface area contributed by atoms with E-state index in [1.165, 1.54) is 22.3 Å². The van der Waals surface area contributed by atoms with Gasteiger partial charge < -0.3 is 14.6 Å². The standard InChI is InChI=1S/C24H23NO4/c26-14-5-15-28-18-12-10-17(11-13-18)25-24(27)29-16-23-21-8-3-1-6-19(21)20-7-2-4-9-22(20)23/h1-4,6-13,23,26H,5,14-16H2,(H,25,27). The Morgan fingerprint density at radius 2 is 1.52 bits per heavy atom. The molecule has 0 fully saturated rings. The lowest BCUT2D eigenvalue weighted by Crippen LogP contribution is -2.17. The summed E-state index contributed by atoms with van der Waals surface area (Å²) in [5.41, 5.74) is 5.41. The fourth-order valence-electron chi connectivity index (χ4n) is 3.64. The Hall–Kier alpha value is -3.31. The molecule has 2 N–H and O–H groups in total. The molecule has 0 aromatic heterocycles. The molecule has 1 amide bonds. The number of amides is 1. The fraction of sp³-hybridized carbons (Fsp3) is 0.208. The van der Waals surface area contributed by atoms with Crippen LogP contribution in [-0.2, 0) is 4.74 Å². The van der Waals surface area contributed by atoms with Gasteiger partial charge in [-0.2, -0.15) is 0 Å². The maximum absolute atomic E-state index is 12.3. The fourth-order valence-corrected chi connectivity index (χ4v) is 3.64. The summed E-state index contributed by atoms with van der Waals surface area (Å²) in [4.78, 5) is 12.3. The number of hydrogen-bond donors (Lipinski definition) is 2. The molecule has 5 heteroatoms. The first-order chi connectivity index (χ1) is 14.3. The zero-order chi connectivity index (χ0) is 20.1. The lowest BCUT2D eigenvalue weighted by molar-refractivity contribution is 0.158. The molecule has 1 aliphatic rings. The quantitative estimate of drug-likeness (QED) is 0.569. The second-order valence-corrected chi connectivity index (χ2v) is 6.90. The summed E-state index contributed by atoms with van der Waals surface area (Å²) in [6, 6.07) is 23.6. The number of fused-ring (bicyclic) bond motifs is 3. The molecule has 0 saturated carbocycles. The number of ether oxygens (including phenoxy) is 2. The number of nitrogens with one attached hydrogen (secondary N) is 1. The average Bonchev–Trinajstić information content (AvgIpc) is 3.08. The van der Waals surface area contributed by atoms with Crippen LogP contribution in [0.4, 0.5) is 10.5 Å². The average molecular weight is 389 g/mol. The molecule has 0 bridgehead atoms. The first-order valence-corrected chi connectivity index (χ1v) is 9.72. The van der Waals surface area contributed by atoms with E-state index in [-0.39, 0.29) is 19.1 Å². The Bertz CT molecular complexity index is 939. The molecule has 0 aliphatic heterocycles. The molecule has 1 aliphatic carbocycles. The lowest BCUT2D eigenvalue weighted by atomic mass is 9.98. The van der Waals surface area contributed by atoms with E-state index < -0.39 is 6.09 Å². The highest BCUT2D eigenvalue weighted by molar-refractivity contribution is 5.85. The van der Waals surface area contributed by atoms with Crippen molar-refractivity contribution in [2.75, 3.05) is 25.1 Å². The largest absolute Gasteiger partial charge is 0.494 e. The minimum Gasteiger partial charge on any atom is -0.494 e. The highest BCUT2D eigenvalue weighted by Crippen LogP contribution is 2.44. The molecule has 0 heterocycles. The molecular weight excluding hydrogens is 366 g/mol.